The number of anilines is 1. The number of carbonyl (C=O) groups is 1. The number of halogens is 3. The van der Waals surface area contributed by atoms with Crippen LogP contribution in [0.4, 0.5) is 18.3 Å². The van der Waals surface area contributed by atoms with Gasteiger partial charge in [0.2, 0.25) is 17.6 Å². The fourth-order valence-electron chi connectivity index (χ4n) is 4.04. The normalized spacial score (nSPS) is 14.9. The van der Waals surface area contributed by atoms with Crippen molar-refractivity contribution in [3.05, 3.63) is 52.4 Å². The maximum Gasteiger partial charge on any atom is 0.416 e. The number of fused-ring (bicyclic) bond motifs is 1. The van der Waals surface area contributed by atoms with Crippen LogP contribution in [0, 0.1) is 5.92 Å². The van der Waals surface area contributed by atoms with Gasteiger partial charge in [0.15, 0.2) is 10.8 Å². The molecule has 0 bridgehead atoms. The van der Waals surface area contributed by atoms with Crippen LogP contribution in [0.15, 0.2) is 39.9 Å². The van der Waals surface area contributed by atoms with Crippen molar-refractivity contribution in [2.75, 3.05) is 25.0 Å². The van der Waals surface area contributed by atoms with Gasteiger partial charge in [0.05, 0.1) is 5.56 Å². The molecule has 1 aliphatic rings. The molecule has 1 aliphatic heterocycles. The summed E-state index contributed by atoms with van der Waals surface area (Å²) in [4.78, 5) is 39.8. The number of nitrogens with zero attached hydrogens (tertiary/aromatic N) is 6. The van der Waals surface area contributed by atoms with Crippen LogP contribution in [0.1, 0.15) is 24.3 Å². The monoisotopic (exact) mass is 519 g/mol. The second kappa shape index (κ2) is 9.33. The van der Waals surface area contributed by atoms with Gasteiger partial charge in [-0.3, -0.25) is 14.2 Å². The third-order valence-electron chi connectivity index (χ3n) is 5.98. The summed E-state index contributed by atoms with van der Waals surface area (Å²) in [5.41, 5.74) is -0.702. The number of amides is 1. The topological polar surface area (TPSA) is 119 Å². The zero-order chi connectivity index (χ0) is 25.4. The maximum absolute atomic E-state index is 13.0. The number of aromatic nitrogens is 5. The van der Waals surface area contributed by atoms with Crippen molar-refractivity contribution < 1.29 is 22.5 Å². The summed E-state index contributed by atoms with van der Waals surface area (Å²) >= 11 is 1.22. The predicted octanol–water partition coefficient (Wildman–Crippen LogP) is 2.93. The van der Waals surface area contributed by atoms with Crippen molar-refractivity contribution in [1.82, 2.24) is 30.0 Å². The van der Waals surface area contributed by atoms with E-state index in [1.165, 1.54) is 34.4 Å². The smallest absolute Gasteiger partial charge is 0.359 e. The van der Waals surface area contributed by atoms with Crippen molar-refractivity contribution in [3.63, 3.8) is 0 Å². The van der Waals surface area contributed by atoms with Crippen LogP contribution in [0.2, 0.25) is 0 Å². The Morgan fingerprint density at radius 1 is 1.25 bits per heavy atom. The number of thiazole rings is 1. The highest BCUT2D eigenvalue weighted by molar-refractivity contribution is 7.22. The van der Waals surface area contributed by atoms with Gasteiger partial charge in [0.25, 0.3) is 5.56 Å². The average molecular weight is 520 g/mol. The Morgan fingerprint density at radius 2 is 2.03 bits per heavy atom. The van der Waals surface area contributed by atoms with Gasteiger partial charge in [-0.15, -0.1) is 0 Å². The van der Waals surface area contributed by atoms with Gasteiger partial charge in [-0.25, -0.2) is 4.98 Å². The molecule has 0 radical (unpaired) electrons. The Hall–Kier alpha value is -3.81. The molecule has 0 spiro atoms. The van der Waals surface area contributed by atoms with E-state index in [0.29, 0.717) is 41.4 Å². The lowest BCUT2D eigenvalue weighted by Crippen LogP contribution is -2.39. The Morgan fingerprint density at radius 3 is 2.75 bits per heavy atom. The molecule has 36 heavy (non-hydrogen) atoms. The molecule has 1 aromatic carbocycles. The first kappa shape index (κ1) is 23.9. The summed E-state index contributed by atoms with van der Waals surface area (Å²) in [6.45, 7) is 1.19. The first-order valence-electron chi connectivity index (χ1n) is 11.1. The second-order valence-electron chi connectivity index (χ2n) is 8.29. The quantitative estimate of drug-likeness (QED) is 0.428. The third kappa shape index (κ3) is 4.67. The fourth-order valence-corrected chi connectivity index (χ4v) is 5.06. The van der Waals surface area contributed by atoms with Crippen LogP contribution in [0.3, 0.4) is 0 Å². The van der Waals surface area contributed by atoms with Gasteiger partial charge in [-0.05, 0) is 25.0 Å². The van der Waals surface area contributed by atoms with E-state index in [1.807, 2.05) is 4.90 Å². The molecule has 10 nitrogen and oxygen atoms in total. The molecule has 5 rings (SSSR count). The molecule has 0 atom stereocenters. The van der Waals surface area contributed by atoms with E-state index in [1.54, 1.807) is 7.05 Å². The highest BCUT2D eigenvalue weighted by Gasteiger charge is 2.31. The van der Waals surface area contributed by atoms with Crippen molar-refractivity contribution >= 4 is 32.7 Å². The third-order valence-corrected chi connectivity index (χ3v) is 7.07. The summed E-state index contributed by atoms with van der Waals surface area (Å²) in [5.74, 6) is 0.0250. The number of carbonyl (C=O) groups excluding carboxylic acids is 1. The molecular formula is C22H20F3N7O3S. The summed E-state index contributed by atoms with van der Waals surface area (Å²) < 4.78 is 45.8. The second-order valence-corrected chi connectivity index (χ2v) is 9.27. The van der Waals surface area contributed by atoms with E-state index in [2.05, 4.69) is 25.4 Å². The average Bonchev–Trinajstić information content (AvgIpc) is 3.53. The molecule has 188 valence electrons. The number of rotatable bonds is 5. The molecule has 4 aromatic rings. The van der Waals surface area contributed by atoms with E-state index < -0.39 is 11.7 Å². The van der Waals surface area contributed by atoms with Crippen molar-refractivity contribution in [1.29, 1.82) is 0 Å². The van der Waals surface area contributed by atoms with E-state index in [0.717, 1.165) is 12.1 Å². The maximum atomic E-state index is 13.0. The summed E-state index contributed by atoms with van der Waals surface area (Å²) in [5, 5.41) is 7.09. The number of benzene rings is 1. The minimum absolute atomic E-state index is 0.0154. The number of nitrogens with one attached hydrogen (secondary N) is 1. The lowest BCUT2D eigenvalue weighted by Gasteiger charge is -2.30. The van der Waals surface area contributed by atoms with E-state index in [-0.39, 0.29) is 41.2 Å². The lowest BCUT2D eigenvalue weighted by molar-refractivity contribution is -0.137. The van der Waals surface area contributed by atoms with E-state index in [9.17, 15) is 22.8 Å². The molecule has 1 amide bonds. The molecule has 0 aliphatic carbocycles. The molecule has 1 saturated heterocycles. The molecule has 1 fully saturated rings. The molecule has 3 aromatic heterocycles. The molecular weight excluding hydrogens is 499 g/mol. The molecule has 0 unspecified atom stereocenters. The minimum Gasteiger partial charge on any atom is -0.359 e. The highest BCUT2D eigenvalue weighted by Crippen LogP contribution is 2.32. The minimum atomic E-state index is -4.50. The largest absolute Gasteiger partial charge is 0.416 e. The summed E-state index contributed by atoms with van der Waals surface area (Å²) in [6.07, 6.45) is -1.79. The molecule has 1 N–H and O–H groups in total. The van der Waals surface area contributed by atoms with Crippen molar-refractivity contribution in [2.24, 2.45) is 5.92 Å². The molecule has 4 heterocycles. The number of alkyl halides is 3. The van der Waals surface area contributed by atoms with Crippen LogP contribution in [0.25, 0.3) is 21.7 Å². The zero-order valence-corrected chi connectivity index (χ0v) is 19.8. The number of hydrogen-bond donors (Lipinski definition) is 1. The van der Waals surface area contributed by atoms with E-state index >= 15 is 0 Å². The van der Waals surface area contributed by atoms with Crippen LogP contribution < -0.4 is 15.8 Å². The molecule has 14 heteroatoms. The van der Waals surface area contributed by atoms with Crippen LogP contribution in [0.5, 0.6) is 0 Å². The highest BCUT2D eigenvalue weighted by atomic mass is 32.1. The Kier molecular flexibility index (Phi) is 6.20. The van der Waals surface area contributed by atoms with Crippen LogP contribution in [-0.2, 0) is 17.5 Å². The first-order chi connectivity index (χ1) is 17.2. The lowest BCUT2D eigenvalue weighted by atomic mass is 9.96. The van der Waals surface area contributed by atoms with Crippen molar-refractivity contribution in [3.8, 4) is 11.4 Å². The van der Waals surface area contributed by atoms with Gasteiger partial charge in [0.1, 0.15) is 17.6 Å². The summed E-state index contributed by atoms with van der Waals surface area (Å²) in [7, 11) is 1.62. The Labute approximate surface area is 205 Å². The van der Waals surface area contributed by atoms with Gasteiger partial charge in [0, 0.05) is 31.6 Å². The van der Waals surface area contributed by atoms with Crippen molar-refractivity contribution in [2.45, 2.75) is 25.6 Å². The standard InChI is InChI=1S/C22H20F3N7O3S/c1-26-19(33)12-5-7-31(8-6-12)21-29-18-16(36-21)20(34)32(11-27-18)10-15-28-17(30-35-15)13-3-2-4-14(9-13)22(23,24)25/h2-4,9,11-12H,5-8,10H2,1H3,(H,26,33). The zero-order valence-electron chi connectivity index (χ0n) is 18.9. The van der Waals surface area contributed by atoms with Crippen LogP contribution in [-0.4, -0.2) is 50.7 Å². The SMILES string of the molecule is CNC(=O)C1CCN(c2nc3ncn(Cc4nc(-c5cccc(C(F)(F)F)c5)no4)c(=O)c3s2)CC1. The van der Waals surface area contributed by atoms with Crippen LogP contribution >= 0.6 is 11.3 Å². The van der Waals surface area contributed by atoms with Gasteiger partial charge in [-0.1, -0.05) is 28.6 Å². The first-order valence-corrected chi connectivity index (χ1v) is 11.9. The predicted molar refractivity (Wildman–Crippen MR) is 125 cm³/mol. The molecule has 0 saturated carbocycles. The summed E-state index contributed by atoms with van der Waals surface area (Å²) in [6, 6.07) is 4.60. The van der Waals surface area contributed by atoms with Gasteiger partial charge >= 0.3 is 6.18 Å². The fraction of sp³-hybridized carbons (Fsp3) is 0.364. The van der Waals surface area contributed by atoms with Gasteiger partial charge < -0.3 is 14.7 Å². The van der Waals surface area contributed by atoms with E-state index in [4.69, 9.17) is 4.52 Å². The number of hydrogen-bond acceptors (Lipinski definition) is 9. The number of piperidine rings is 1. The Bertz CT molecular complexity index is 1470. The Balaban J connectivity index is 1.34. The van der Waals surface area contributed by atoms with Gasteiger partial charge in [-0.2, -0.15) is 23.1 Å².